The molecule has 0 spiro atoms. The van der Waals surface area contributed by atoms with Crippen LogP contribution in [0.15, 0.2) is 48.5 Å². The molecule has 0 saturated heterocycles. The number of rotatable bonds is 3. The lowest BCUT2D eigenvalue weighted by Crippen LogP contribution is -2.21. The van der Waals surface area contributed by atoms with Gasteiger partial charge < -0.3 is 15.6 Å². The summed E-state index contributed by atoms with van der Waals surface area (Å²) >= 11 is 0. The van der Waals surface area contributed by atoms with Gasteiger partial charge in [-0.1, -0.05) is 12.1 Å². The van der Waals surface area contributed by atoms with Crippen LogP contribution in [0.1, 0.15) is 20.8 Å². The van der Waals surface area contributed by atoms with Gasteiger partial charge in [0.1, 0.15) is 11.5 Å². The van der Waals surface area contributed by atoms with Crippen LogP contribution in [0, 0.1) is 5.82 Å². The molecule has 3 aromatic rings. The topological polar surface area (TPSA) is 74.0 Å². The number of hydrogen-bond donors (Lipinski definition) is 3. The average Bonchev–Trinajstić information content (AvgIpc) is 2.98. The molecule has 0 aliphatic heterocycles. The van der Waals surface area contributed by atoms with Crippen LogP contribution in [0.25, 0.3) is 10.9 Å². The highest BCUT2D eigenvalue weighted by atomic mass is 19.1. The molecule has 5 nitrogen and oxygen atoms in total. The number of carbonyl (C=O) groups excluding carboxylic acids is 2. The lowest BCUT2D eigenvalue weighted by Gasteiger charge is -2.09. The van der Waals surface area contributed by atoms with E-state index in [4.69, 9.17) is 0 Å². The Balaban J connectivity index is 1.90. The van der Waals surface area contributed by atoms with E-state index >= 15 is 0 Å². The number of fused-ring (bicyclic) bond motifs is 1. The van der Waals surface area contributed by atoms with Crippen LogP contribution < -0.4 is 10.6 Å². The normalized spacial score (nSPS) is 10.5. The third-order valence-electron chi connectivity index (χ3n) is 3.47. The Labute approximate surface area is 131 Å². The second kappa shape index (κ2) is 5.92. The highest BCUT2D eigenvalue weighted by Gasteiger charge is 2.14. The number of aromatic nitrogens is 1. The lowest BCUT2D eigenvalue weighted by molar-refractivity contribution is 0.0964. The highest BCUT2D eigenvalue weighted by molar-refractivity contribution is 6.09. The van der Waals surface area contributed by atoms with Crippen molar-refractivity contribution in [2.24, 2.45) is 0 Å². The predicted octanol–water partition coefficient (Wildman–Crippen LogP) is 2.92. The molecular formula is C17H14FN3O2. The van der Waals surface area contributed by atoms with Gasteiger partial charge in [0.25, 0.3) is 11.8 Å². The van der Waals surface area contributed by atoms with Gasteiger partial charge in [-0.15, -0.1) is 0 Å². The molecule has 0 atom stereocenters. The van der Waals surface area contributed by atoms with E-state index in [-0.39, 0.29) is 17.4 Å². The van der Waals surface area contributed by atoms with Crippen molar-refractivity contribution in [2.75, 3.05) is 12.4 Å². The largest absolute Gasteiger partial charge is 0.355 e. The summed E-state index contributed by atoms with van der Waals surface area (Å²) < 4.78 is 13.2. The zero-order chi connectivity index (χ0) is 16.4. The van der Waals surface area contributed by atoms with Crippen molar-refractivity contribution in [3.05, 3.63) is 65.6 Å². The van der Waals surface area contributed by atoms with Gasteiger partial charge in [0.05, 0.1) is 11.3 Å². The molecule has 0 fully saturated rings. The summed E-state index contributed by atoms with van der Waals surface area (Å²) in [7, 11) is 1.52. The number of carbonyl (C=O) groups is 2. The Morgan fingerprint density at radius 3 is 2.61 bits per heavy atom. The quantitative estimate of drug-likeness (QED) is 0.696. The Morgan fingerprint density at radius 2 is 1.83 bits per heavy atom. The third-order valence-corrected chi connectivity index (χ3v) is 3.47. The minimum atomic E-state index is -0.405. The van der Waals surface area contributed by atoms with Crippen LogP contribution in [0.2, 0.25) is 0 Å². The Hall–Kier alpha value is -3.15. The molecule has 6 heteroatoms. The van der Waals surface area contributed by atoms with Crippen LogP contribution in [-0.2, 0) is 0 Å². The summed E-state index contributed by atoms with van der Waals surface area (Å²) in [5.41, 5.74) is 1.72. The second-order valence-electron chi connectivity index (χ2n) is 4.99. The van der Waals surface area contributed by atoms with Gasteiger partial charge in [-0.3, -0.25) is 9.59 Å². The van der Waals surface area contributed by atoms with Crippen LogP contribution in [0.3, 0.4) is 0 Å². The number of aromatic amines is 1. The first kappa shape index (κ1) is 14.8. The summed E-state index contributed by atoms with van der Waals surface area (Å²) in [6.07, 6.45) is 0. The SMILES string of the molecule is CNC(=O)c1ccccc1NC(=O)c1cc2cc(F)ccc2[nH]1. The van der Waals surface area contributed by atoms with Gasteiger partial charge in [0.15, 0.2) is 0 Å². The fraction of sp³-hybridized carbons (Fsp3) is 0.0588. The van der Waals surface area contributed by atoms with Crippen molar-refractivity contribution in [1.29, 1.82) is 0 Å². The summed E-state index contributed by atoms with van der Waals surface area (Å²) in [6, 6.07) is 12.5. The maximum Gasteiger partial charge on any atom is 0.272 e. The van der Waals surface area contributed by atoms with Gasteiger partial charge in [-0.05, 0) is 36.4 Å². The van der Waals surface area contributed by atoms with E-state index in [1.54, 1.807) is 36.4 Å². The zero-order valence-electron chi connectivity index (χ0n) is 12.3. The predicted molar refractivity (Wildman–Crippen MR) is 86.0 cm³/mol. The summed E-state index contributed by atoms with van der Waals surface area (Å²) in [4.78, 5) is 27.1. The first-order valence-electron chi connectivity index (χ1n) is 6.99. The minimum absolute atomic E-state index is 0.289. The van der Waals surface area contributed by atoms with Gasteiger partial charge in [-0.25, -0.2) is 4.39 Å². The first-order valence-corrected chi connectivity index (χ1v) is 6.99. The number of amides is 2. The van der Waals surface area contributed by atoms with Crippen molar-refractivity contribution in [1.82, 2.24) is 10.3 Å². The molecule has 0 radical (unpaired) electrons. The minimum Gasteiger partial charge on any atom is -0.355 e. The van der Waals surface area contributed by atoms with E-state index in [1.807, 2.05) is 0 Å². The van der Waals surface area contributed by atoms with Gasteiger partial charge in [0, 0.05) is 18.0 Å². The number of H-pyrrole nitrogens is 1. The average molecular weight is 311 g/mol. The van der Waals surface area contributed by atoms with Crippen molar-refractivity contribution >= 4 is 28.4 Å². The molecule has 0 bridgehead atoms. The van der Waals surface area contributed by atoms with Crippen LogP contribution in [-0.4, -0.2) is 23.8 Å². The molecule has 23 heavy (non-hydrogen) atoms. The lowest BCUT2D eigenvalue weighted by atomic mass is 10.1. The third kappa shape index (κ3) is 2.91. The van der Waals surface area contributed by atoms with Gasteiger partial charge in [0.2, 0.25) is 0 Å². The maximum atomic E-state index is 13.2. The molecule has 0 aliphatic carbocycles. The van der Waals surface area contributed by atoms with Gasteiger partial charge in [-0.2, -0.15) is 0 Å². The standard InChI is InChI=1S/C17H14FN3O2/c1-19-16(22)12-4-2-3-5-14(12)21-17(23)15-9-10-8-11(18)6-7-13(10)20-15/h2-9,20H,1H3,(H,19,22)(H,21,23). The summed E-state index contributed by atoms with van der Waals surface area (Å²) in [6.45, 7) is 0. The Kier molecular flexibility index (Phi) is 3.80. The second-order valence-corrected chi connectivity index (χ2v) is 4.99. The zero-order valence-corrected chi connectivity index (χ0v) is 12.3. The van der Waals surface area contributed by atoms with E-state index in [2.05, 4.69) is 15.6 Å². The Morgan fingerprint density at radius 1 is 1.04 bits per heavy atom. The number of benzene rings is 2. The number of halogens is 1. The number of para-hydroxylation sites is 1. The molecule has 116 valence electrons. The number of anilines is 1. The number of hydrogen-bond acceptors (Lipinski definition) is 2. The summed E-state index contributed by atoms with van der Waals surface area (Å²) in [5, 5.41) is 5.82. The van der Waals surface area contributed by atoms with Crippen LogP contribution in [0.5, 0.6) is 0 Å². The molecule has 2 amide bonds. The monoisotopic (exact) mass is 311 g/mol. The van der Waals surface area contributed by atoms with Gasteiger partial charge >= 0.3 is 0 Å². The molecule has 0 unspecified atom stereocenters. The van der Waals surface area contributed by atoms with Crippen molar-refractivity contribution in [3.8, 4) is 0 Å². The van der Waals surface area contributed by atoms with Crippen molar-refractivity contribution in [3.63, 3.8) is 0 Å². The maximum absolute atomic E-state index is 13.2. The van der Waals surface area contributed by atoms with Crippen molar-refractivity contribution < 1.29 is 14.0 Å². The first-order chi connectivity index (χ1) is 11.1. The fourth-order valence-electron chi connectivity index (χ4n) is 2.34. The molecule has 0 aliphatic rings. The van der Waals surface area contributed by atoms with Crippen LogP contribution >= 0.6 is 0 Å². The van der Waals surface area contributed by atoms with E-state index < -0.39 is 5.91 Å². The smallest absolute Gasteiger partial charge is 0.272 e. The highest BCUT2D eigenvalue weighted by Crippen LogP contribution is 2.19. The molecule has 3 rings (SSSR count). The number of nitrogens with one attached hydrogen (secondary N) is 3. The fourth-order valence-corrected chi connectivity index (χ4v) is 2.34. The van der Waals surface area contributed by atoms with E-state index in [0.717, 1.165) is 0 Å². The molecule has 1 heterocycles. The molecular weight excluding hydrogens is 297 g/mol. The molecule has 3 N–H and O–H groups in total. The molecule has 1 aromatic heterocycles. The Bertz CT molecular complexity index is 902. The van der Waals surface area contributed by atoms with Crippen LogP contribution in [0.4, 0.5) is 10.1 Å². The molecule has 0 saturated carbocycles. The van der Waals surface area contributed by atoms with E-state index in [1.165, 1.54) is 19.2 Å². The summed E-state index contributed by atoms with van der Waals surface area (Å²) in [5.74, 6) is -1.06. The molecule has 2 aromatic carbocycles. The van der Waals surface area contributed by atoms with E-state index in [9.17, 15) is 14.0 Å². The van der Waals surface area contributed by atoms with E-state index in [0.29, 0.717) is 22.2 Å². The van der Waals surface area contributed by atoms with Crippen molar-refractivity contribution in [2.45, 2.75) is 0 Å².